The van der Waals surface area contributed by atoms with E-state index in [0.29, 0.717) is 0 Å². The second-order valence-corrected chi connectivity index (χ2v) is 5.51. The van der Waals surface area contributed by atoms with Gasteiger partial charge in [0.1, 0.15) is 18.8 Å². The van der Waals surface area contributed by atoms with Gasteiger partial charge in [0.05, 0.1) is 0 Å². The summed E-state index contributed by atoms with van der Waals surface area (Å²) >= 11 is 0. The SMILES string of the molecule is CC(=O)OC[C@@H]1O[C@H](O)[C@H](NC(=O)C(F)(F)F)[C@H](OC(C)=O)[C@@H]1OC(C)=O. The summed E-state index contributed by atoms with van der Waals surface area (Å²) in [6, 6.07) is -1.92. The highest BCUT2D eigenvalue weighted by atomic mass is 19.4. The standard InChI is InChI=1S/C14H18F3NO9/c1-5(19)24-4-8-10(25-6(2)20)11(26-7(3)21)9(12(22)27-8)18-13(23)14(15,16)17/h8-12,22H,4H2,1-3H3,(H,18,23)/t8-,9+,10+,11-,12-/m0/s1. The maximum Gasteiger partial charge on any atom is 0.471 e. The number of ether oxygens (including phenoxy) is 4. The zero-order valence-corrected chi connectivity index (χ0v) is 14.4. The third-order valence-corrected chi connectivity index (χ3v) is 3.28. The molecule has 154 valence electrons. The molecule has 0 spiro atoms. The minimum absolute atomic E-state index is 0.567. The summed E-state index contributed by atoms with van der Waals surface area (Å²) in [6.07, 6.45) is -12.1. The van der Waals surface area contributed by atoms with Crippen molar-refractivity contribution in [2.75, 3.05) is 6.61 Å². The fourth-order valence-electron chi connectivity index (χ4n) is 2.31. The second kappa shape index (κ2) is 8.99. The van der Waals surface area contributed by atoms with Crippen LogP contribution < -0.4 is 5.32 Å². The van der Waals surface area contributed by atoms with E-state index < -0.39 is 67.2 Å². The van der Waals surface area contributed by atoms with Crippen LogP contribution in [0, 0.1) is 0 Å². The Morgan fingerprint density at radius 3 is 1.96 bits per heavy atom. The largest absolute Gasteiger partial charge is 0.471 e. The molecule has 1 amide bonds. The fraction of sp³-hybridized carbons (Fsp3) is 0.714. The Morgan fingerprint density at radius 1 is 1.00 bits per heavy atom. The molecule has 0 radical (unpaired) electrons. The second-order valence-electron chi connectivity index (χ2n) is 5.51. The first-order valence-electron chi connectivity index (χ1n) is 7.52. The van der Waals surface area contributed by atoms with Crippen molar-refractivity contribution in [1.82, 2.24) is 5.32 Å². The third-order valence-electron chi connectivity index (χ3n) is 3.28. The Morgan fingerprint density at radius 2 is 1.52 bits per heavy atom. The van der Waals surface area contributed by atoms with E-state index >= 15 is 0 Å². The molecule has 2 N–H and O–H groups in total. The van der Waals surface area contributed by atoms with Gasteiger partial charge in [0.15, 0.2) is 18.5 Å². The van der Waals surface area contributed by atoms with E-state index in [-0.39, 0.29) is 0 Å². The summed E-state index contributed by atoms with van der Waals surface area (Å²) in [5.74, 6) is -5.12. The van der Waals surface area contributed by atoms with Gasteiger partial charge >= 0.3 is 30.0 Å². The van der Waals surface area contributed by atoms with Gasteiger partial charge in [-0.2, -0.15) is 13.2 Å². The van der Waals surface area contributed by atoms with Gasteiger partial charge in [0.25, 0.3) is 0 Å². The van der Waals surface area contributed by atoms with Crippen LogP contribution in [0.1, 0.15) is 20.8 Å². The molecule has 0 unspecified atom stereocenters. The van der Waals surface area contributed by atoms with Crippen molar-refractivity contribution in [3.05, 3.63) is 0 Å². The summed E-state index contributed by atoms with van der Waals surface area (Å²) < 4.78 is 57.1. The normalized spacial score (nSPS) is 28.0. The van der Waals surface area contributed by atoms with E-state index in [9.17, 15) is 37.5 Å². The third kappa shape index (κ3) is 6.67. The highest BCUT2D eigenvalue weighted by molar-refractivity contribution is 5.82. The zero-order valence-electron chi connectivity index (χ0n) is 14.4. The molecule has 0 aromatic heterocycles. The van der Waals surface area contributed by atoms with E-state index in [2.05, 4.69) is 0 Å². The van der Waals surface area contributed by atoms with Crippen molar-refractivity contribution in [3.8, 4) is 0 Å². The summed E-state index contributed by atoms with van der Waals surface area (Å²) in [5.41, 5.74) is 0. The minimum Gasteiger partial charge on any atom is -0.463 e. The molecule has 1 heterocycles. The molecule has 10 nitrogen and oxygen atoms in total. The Hall–Kier alpha value is -2.41. The van der Waals surface area contributed by atoms with Crippen molar-refractivity contribution in [2.24, 2.45) is 0 Å². The molecule has 0 aromatic rings. The molecule has 1 saturated heterocycles. The summed E-state index contributed by atoms with van der Waals surface area (Å²) in [4.78, 5) is 44.9. The van der Waals surface area contributed by atoms with Crippen LogP contribution in [0.5, 0.6) is 0 Å². The average molecular weight is 401 g/mol. The maximum atomic E-state index is 12.5. The van der Waals surface area contributed by atoms with Crippen LogP contribution in [-0.4, -0.2) is 72.3 Å². The Balaban J connectivity index is 3.18. The van der Waals surface area contributed by atoms with Gasteiger partial charge in [0.2, 0.25) is 0 Å². The van der Waals surface area contributed by atoms with Gasteiger partial charge in [-0.3, -0.25) is 19.2 Å². The molecule has 27 heavy (non-hydrogen) atoms. The van der Waals surface area contributed by atoms with Crippen LogP contribution in [0.4, 0.5) is 13.2 Å². The number of carbonyl (C=O) groups is 4. The molecule has 0 aliphatic carbocycles. The van der Waals surface area contributed by atoms with Gasteiger partial charge in [0, 0.05) is 20.8 Å². The molecule has 0 aromatic carbocycles. The number of halogens is 3. The molecule has 13 heteroatoms. The van der Waals surface area contributed by atoms with Crippen LogP contribution in [0.15, 0.2) is 0 Å². The summed E-state index contributed by atoms with van der Waals surface area (Å²) in [7, 11) is 0. The number of aliphatic hydroxyl groups is 1. The van der Waals surface area contributed by atoms with Crippen LogP contribution in [0.3, 0.4) is 0 Å². The Bertz CT molecular complexity index is 595. The average Bonchev–Trinajstić information content (AvgIpc) is 2.49. The Kier molecular flexibility index (Phi) is 7.54. The van der Waals surface area contributed by atoms with Crippen molar-refractivity contribution in [2.45, 2.75) is 57.6 Å². The minimum atomic E-state index is -5.30. The van der Waals surface area contributed by atoms with Crippen LogP contribution in [0.2, 0.25) is 0 Å². The molecule has 5 atom stereocenters. The molecule has 1 aliphatic heterocycles. The van der Waals surface area contributed by atoms with E-state index in [1.54, 1.807) is 0 Å². The quantitative estimate of drug-likeness (QED) is 0.447. The number of alkyl halides is 3. The monoisotopic (exact) mass is 401 g/mol. The smallest absolute Gasteiger partial charge is 0.463 e. The van der Waals surface area contributed by atoms with Crippen molar-refractivity contribution >= 4 is 23.8 Å². The van der Waals surface area contributed by atoms with Crippen molar-refractivity contribution in [1.29, 1.82) is 0 Å². The number of rotatable bonds is 5. The molecule has 1 aliphatic rings. The highest BCUT2D eigenvalue weighted by Crippen LogP contribution is 2.27. The first kappa shape index (κ1) is 22.6. The number of amides is 1. The number of hydrogen-bond acceptors (Lipinski definition) is 9. The van der Waals surface area contributed by atoms with Crippen LogP contribution in [0.25, 0.3) is 0 Å². The van der Waals surface area contributed by atoms with Crippen molar-refractivity contribution < 1.29 is 56.4 Å². The fourth-order valence-corrected chi connectivity index (χ4v) is 2.31. The van der Waals surface area contributed by atoms with Crippen molar-refractivity contribution in [3.63, 3.8) is 0 Å². The molecule has 1 rings (SSSR count). The number of hydrogen-bond donors (Lipinski definition) is 2. The van der Waals surface area contributed by atoms with Gasteiger partial charge < -0.3 is 29.4 Å². The van der Waals surface area contributed by atoms with Gasteiger partial charge in [-0.15, -0.1) is 0 Å². The summed E-state index contributed by atoms with van der Waals surface area (Å²) in [5, 5.41) is 11.4. The zero-order chi connectivity index (χ0) is 20.9. The molecule has 0 bridgehead atoms. The van der Waals surface area contributed by atoms with E-state index in [1.165, 1.54) is 5.32 Å². The predicted molar refractivity (Wildman–Crippen MR) is 76.6 cm³/mol. The summed E-state index contributed by atoms with van der Waals surface area (Å²) in [6.45, 7) is 2.36. The van der Waals surface area contributed by atoms with Crippen LogP contribution >= 0.6 is 0 Å². The predicted octanol–water partition coefficient (Wildman–Crippen LogP) is -0.823. The van der Waals surface area contributed by atoms with E-state index in [4.69, 9.17) is 18.9 Å². The number of nitrogens with one attached hydrogen (secondary N) is 1. The first-order valence-corrected chi connectivity index (χ1v) is 7.52. The molecule has 1 fully saturated rings. The highest BCUT2D eigenvalue weighted by Gasteiger charge is 2.52. The van der Waals surface area contributed by atoms with Gasteiger partial charge in [-0.05, 0) is 0 Å². The van der Waals surface area contributed by atoms with Gasteiger partial charge in [-0.1, -0.05) is 0 Å². The lowest BCUT2D eigenvalue weighted by molar-refractivity contribution is -0.266. The molecule has 0 saturated carbocycles. The number of aliphatic hydroxyl groups excluding tert-OH is 1. The lowest BCUT2D eigenvalue weighted by Gasteiger charge is -2.43. The van der Waals surface area contributed by atoms with Crippen LogP contribution in [-0.2, 0) is 38.1 Å². The molecular weight excluding hydrogens is 383 g/mol. The van der Waals surface area contributed by atoms with E-state index in [0.717, 1.165) is 20.8 Å². The first-order chi connectivity index (χ1) is 12.3. The van der Waals surface area contributed by atoms with E-state index in [1.807, 2.05) is 0 Å². The maximum absolute atomic E-state index is 12.5. The lowest BCUT2D eigenvalue weighted by Crippen LogP contribution is -2.67. The lowest BCUT2D eigenvalue weighted by atomic mass is 9.96. The molecular formula is C14H18F3NO9. The number of esters is 3. The topological polar surface area (TPSA) is 137 Å². The number of carbonyl (C=O) groups excluding carboxylic acids is 4. The Labute approximate surface area is 150 Å². The van der Waals surface area contributed by atoms with Gasteiger partial charge in [-0.25, -0.2) is 0 Å².